The summed E-state index contributed by atoms with van der Waals surface area (Å²) in [5, 5.41) is 0. The predicted octanol–water partition coefficient (Wildman–Crippen LogP) is 3.03. The van der Waals surface area contributed by atoms with Crippen LogP contribution in [0, 0.1) is 0 Å². The largest absolute Gasteiger partial charge is 0.320 e. The van der Waals surface area contributed by atoms with Gasteiger partial charge in [-0.1, -0.05) is 28.1 Å². The molecule has 1 aromatic carbocycles. The summed E-state index contributed by atoms with van der Waals surface area (Å²) in [5.41, 5.74) is 4.22. The fourth-order valence-corrected chi connectivity index (χ4v) is 1.82. The van der Waals surface area contributed by atoms with Gasteiger partial charge < -0.3 is 5.73 Å². The van der Waals surface area contributed by atoms with Gasteiger partial charge in [0, 0.05) is 10.0 Å². The van der Waals surface area contributed by atoms with Gasteiger partial charge in [0.25, 0.3) is 5.92 Å². The Hall–Kier alpha value is -0.480. The lowest BCUT2D eigenvalue weighted by Gasteiger charge is -2.23. The third-order valence-corrected chi connectivity index (χ3v) is 3.09. The normalized spacial score (nSPS) is 19.4. The van der Waals surface area contributed by atoms with Crippen molar-refractivity contribution < 1.29 is 8.78 Å². The molecule has 1 nitrogen and oxygen atoms in total. The van der Waals surface area contributed by atoms with Gasteiger partial charge in [0.05, 0.1) is 5.54 Å². The highest BCUT2D eigenvalue weighted by atomic mass is 79.9. The highest BCUT2D eigenvalue weighted by Gasteiger charge is 2.60. The van der Waals surface area contributed by atoms with E-state index in [0.29, 0.717) is 17.3 Å². The summed E-state index contributed by atoms with van der Waals surface area (Å²) in [5.74, 6) is -2.92. The first-order valence-corrected chi connectivity index (χ1v) is 5.18. The van der Waals surface area contributed by atoms with Crippen molar-refractivity contribution in [1.29, 1.82) is 0 Å². The molecule has 0 radical (unpaired) electrons. The van der Waals surface area contributed by atoms with Crippen LogP contribution in [0.4, 0.5) is 8.78 Å². The van der Waals surface area contributed by atoms with E-state index < -0.39 is 11.5 Å². The lowest BCUT2D eigenvalue weighted by atomic mass is 10.00. The minimum absolute atomic E-state index is 0.00752. The van der Waals surface area contributed by atoms with Crippen LogP contribution in [-0.2, 0) is 5.92 Å². The number of rotatable bonds is 2. The standard InChI is InChI=1S/C10H10BrF2N/c11-8-3-1-2-7(6-8)10(12,13)9(14)4-5-9/h1-3,6H,4-5,14H2. The van der Waals surface area contributed by atoms with Crippen LogP contribution in [0.15, 0.2) is 28.7 Å². The third-order valence-electron chi connectivity index (χ3n) is 2.60. The molecule has 0 amide bonds. The molecule has 1 aliphatic rings. The van der Waals surface area contributed by atoms with Gasteiger partial charge >= 0.3 is 0 Å². The van der Waals surface area contributed by atoms with E-state index in [1.165, 1.54) is 12.1 Å². The molecule has 0 saturated heterocycles. The summed E-state index contributed by atoms with van der Waals surface area (Å²) in [6.45, 7) is 0. The van der Waals surface area contributed by atoms with Crippen LogP contribution in [0.5, 0.6) is 0 Å². The third kappa shape index (κ3) is 1.46. The molecule has 0 aromatic heterocycles. The molecule has 2 rings (SSSR count). The topological polar surface area (TPSA) is 26.0 Å². The van der Waals surface area contributed by atoms with E-state index in [9.17, 15) is 8.78 Å². The Balaban J connectivity index is 2.38. The molecule has 1 saturated carbocycles. The molecule has 0 bridgehead atoms. The summed E-state index contributed by atoms with van der Waals surface area (Å²) < 4.78 is 28.2. The Kier molecular flexibility index (Phi) is 2.16. The SMILES string of the molecule is NC1(C(F)(F)c2cccc(Br)c2)CC1. The number of benzene rings is 1. The van der Waals surface area contributed by atoms with Gasteiger partial charge in [-0.2, -0.15) is 8.78 Å². The van der Waals surface area contributed by atoms with Crippen LogP contribution < -0.4 is 5.73 Å². The Bertz CT molecular complexity index is 361. The number of nitrogens with two attached hydrogens (primary N) is 1. The van der Waals surface area contributed by atoms with Crippen LogP contribution in [0.2, 0.25) is 0 Å². The van der Waals surface area contributed by atoms with E-state index in [1.54, 1.807) is 12.1 Å². The number of alkyl halides is 2. The molecular weight excluding hydrogens is 252 g/mol. The van der Waals surface area contributed by atoms with Gasteiger partial charge in [-0.25, -0.2) is 0 Å². The Morgan fingerprint density at radius 3 is 2.50 bits per heavy atom. The van der Waals surface area contributed by atoms with Gasteiger partial charge in [-0.05, 0) is 25.0 Å². The quantitative estimate of drug-likeness (QED) is 0.871. The van der Waals surface area contributed by atoms with Crippen LogP contribution in [0.3, 0.4) is 0 Å². The average Bonchev–Trinajstić information content (AvgIpc) is 2.85. The van der Waals surface area contributed by atoms with Crippen LogP contribution >= 0.6 is 15.9 Å². The zero-order valence-electron chi connectivity index (χ0n) is 7.43. The Morgan fingerprint density at radius 1 is 1.36 bits per heavy atom. The van der Waals surface area contributed by atoms with Crippen molar-refractivity contribution in [2.24, 2.45) is 5.73 Å². The van der Waals surface area contributed by atoms with Crippen LogP contribution in [-0.4, -0.2) is 5.54 Å². The average molecular weight is 262 g/mol. The molecule has 0 aliphatic heterocycles. The molecule has 0 heterocycles. The highest BCUT2D eigenvalue weighted by Crippen LogP contribution is 2.51. The summed E-state index contributed by atoms with van der Waals surface area (Å²) in [7, 11) is 0. The number of hydrogen-bond acceptors (Lipinski definition) is 1. The lowest BCUT2D eigenvalue weighted by molar-refractivity contribution is -0.0421. The molecule has 1 aromatic rings. The van der Waals surface area contributed by atoms with Gasteiger partial charge in [0.2, 0.25) is 0 Å². The number of hydrogen-bond donors (Lipinski definition) is 1. The molecule has 1 fully saturated rings. The van der Waals surface area contributed by atoms with Gasteiger partial charge in [-0.15, -0.1) is 0 Å². The van der Waals surface area contributed by atoms with E-state index in [-0.39, 0.29) is 5.56 Å². The van der Waals surface area contributed by atoms with E-state index in [1.807, 2.05) is 0 Å². The van der Waals surface area contributed by atoms with Gasteiger partial charge in [-0.3, -0.25) is 0 Å². The lowest BCUT2D eigenvalue weighted by Crippen LogP contribution is -2.41. The van der Waals surface area contributed by atoms with Crippen molar-refractivity contribution in [3.05, 3.63) is 34.3 Å². The monoisotopic (exact) mass is 261 g/mol. The Labute approximate surface area is 89.4 Å². The molecule has 1 aliphatic carbocycles. The fraction of sp³-hybridized carbons (Fsp3) is 0.400. The minimum Gasteiger partial charge on any atom is -0.320 e. The minimum atomic E-state index is -2.92. The Morgan fingerprint density at radius 2 is 2.00 bits per heavy atom. The number of halogens is 3. The van der Waals surface area contributed by atoms with E-state index in [0.717, 1.165) is 0 Å². The second-order valence-electron chi connectivity index (χ2n) is 3.74. The molecule has 14 heavy (non-hydrogen) atoms. The van der Waals surface area contributed by atoms with Crippen molar-refractivity contribution in [2.45, 2.75) is 24.3 Å². The molecular formula is C10H10BrF2N. The molecule has 4 heteroatoms. The first kappa shape index (κ1) is 10.1. The van der Waals surface area contributed by atoms with Gasteiger partial charge in [0.1, 0.15) is 0 Å². The first-order valence-electron chi connectivity index (χ1n) is 4.38. The maximum atomic E-state index is 13.8. The second-order valence-corrected chi connectivity index (χ2v) is 4.66. The highest BCUT2D eigenvalue weighted by molar-refractivity contribution is 9.10. The van der Waals surface area contributed by atoms with Crippen molar-refractivity contribution in [1.82, 2.24) is 0 Å². The maximum absolute atomic E-state index is 13.8. The second kappa shape index (κ2) is 3.00. The van der Waals surface area contributed by atoms with Crippen molar-refractivity contribution >= 4 is 15.9 Å². The molecule has 0 spiro atoms. The summed E-state index contributed by atoms with van der Waals surface area (Å²) in [6.07, 6.45) is 0.791. The molecule has 76 valence electrons. The van der Waals surface area contributed by atoms with Gasteiger partial charge in [0.15, 0.2) is 0 Å². The van der Waals surface area contributed by atoms with E-state index in [4.69, 9.17) is 5.73 Å². The van der Waals surface area contributed by atoms with E-state index >= 15 is 0 Å². The molecule has 0 atom stereocenters. The molecule has 2 N–H and O–H groups in total. The fourth-order valence-electron chi connectivity index (χ4n) is 1.42. The summed E-state index contributed by atoms with van der Waals surface area (Å²) in [4.78, 5) is 0. The predicted molar refractivity (Wildman–Crippen MR) is 54.2 cm³/mol. The zero-order chi connectivity index (χ0) is 10.4. The van der Waals surface area contributed by atoms with Crippen LogP contribution in [0.25, 0.3) is 0 Å². The summed E-state index contributed by atoms with van der Waals surface area (Å²) in [6, 6.07) is 6.15. The first-order chi connectivity index (χ1) is 6.46. The molecule has 0 unspecified atom stereocenters. The maximum Gasteiger partial charge on any atom is 0.290 e. The van der Waals surface area contributed by atoms with Crippen molar-refractivity contribution in [2.75, 3.05) is 0 Å². The smallest absolute Gasteiger partial charge is 0.290 e. The van der Waals surface area contributed by atoms with Crippen molar-refractivity contribution in [3.8, 4) is 0 Å². The van der Waals surface area contributed by atoms with Crippen molar-refractivity contribution in [3.63, 3.8) is 0 Å². The summed E-state index contributed by atoms with van der Waals surface area (Å²) >= 11 is 3.17. The zero-order valence-corrected chi connectivity index (χ0v) is 9.02. The van der Waals surface area contributed by atoms with Crippen LogP contribution in [0.1, 0.15) is 18.4 Å². The van der Waals surface area contributed by atoms with E-state index in [2.05, 4.69) is 15.9 Å².